The maximum atomic E-state index is 8.89. The topological polar surface area (TPSA) is 85.6 Å². The molecule has 2 rings (SSSR count). The lowest BCUT2D eigenvalue weighted by Gasteiger charge is -2.21. The summed E-state index contributed by atoms with van der Waals surface area (Å²) >= 11 is 0. The van der Waals surface area contributed by atoms with Crippen molar-refractivity contribution in [2.45, 2.75) is 52.0 Å². The van der Waals surface area contributed by atoms with Crippen LogP contribution in [0, 0.1) is 11.5 Å². The first-order valence-electron chi connectivity index (χ1n) is 11.1. The Morgan fingerprint density at radius 1 is 1.03 bits per heavy atom. The molecule has 1 aromatic carbocycles. The van der Waals surface area contributed by atoms with Crippen LogP contribution < -0.4 is 10.6 Å². The molecule has 2 aromatic rings. The summed E-state index contributed by atoms with van der Waals surface area (Å²) in [6.07, 6.45) is 12.2. The highest BCUT2D eigenvalue weighted by Crippen LogP contribution is 2.10. The van der Waals surface area contributed by atoms with Gasteiger partial charge in [0.05, 0.1) is 6.61 Å². The molecule has 1 aromatic heterocycles. The van der Waals surface area contributed by atoms with E-state index in [9.17, 15) is 0 Å². The number of anilines is 1. The number of hydrogen-bond donors (Lipinski definition) is 2. The molecule has 1 heterocycles. The SMILES string of the molecule is CCON(CCCCCCCCN=C(NC#N)Nc1ccncc1)Cc1ccccc1. The molecule has 7 heteroatoms. The third-order valence-electron chi connectivity index (χ3n) is 4.72. The van der Waals surface area contributed by atoms with Crippen molar-refractivity contribution in [3.8, 4) is 6.19 Å². The van der Waals surface area contributed by atoms with Crippen LogP contribution in [0.3, 0.4) is 0 Å². The fraction of sp³-hybridized carbons (Fsp3) is 0.458. The van der Waals surface area contributed by atoms with Gasteiger partial charge in [-0.15, -0.1) is 0 Å². The first kappa shape index (κ1) is 24.3. The largest absolute Gasteiger partial charge is 0.325 e. The van der Waals surface area contributed by atoms with Gasteiger partial charge in [-0.25, -0.2) is 0 Å². The van der Waals surface area contributed by atoms with Crippen LogP contribution in [0.1, 0.15) is 51.0 Å². The number of hydrogen-bond acceptors (Lipinski definition) is 5. The van der Waals surface area contributed by atoms with Crippen molar-refractivity contribution in [2.75, 3.05) is 25.0 Å². The summed E-state index contributed by atoms with van der Waals surface area (Å²) in [4.78, 5) is 14.2. The predicted molar refractivity (Wildman–Crippen MR) is 125 cm³/mol. The Bertz CT molecular complexity index is 776. The van der Waals surface area contributed by atoms with Crippen molar-refractivity contribution in [1.29, 1.82) is 5.26 Å². The molecule has 31 heavy (non-hydrogen) atoms. The molecular formula is C24H34N6O. The summed E-state index contributed by atoms with van der Waals surface area (Å²) in [6.45, 7) is 5.21. The van der Waals surface area contributed by atoms with Gasteiger partial charge < -0.3 is 5.32 Å². The Morgan fingerprint density at radius 2 is 1.74 bits per heavy atom. The van der Waals surface area contributed by atoms with E-state index < -0.39 is 0 Å². The van der Waals surface area contributed by atoms with Crippen LogP contribution in [0.15, 0.2) is 59.9 Å². The Hall–Kier alpha value is -2.95. The number of unbranched alkanes of at least 4 members (excludes halogenated alkanes) is 5. The van der Waals surface area contributed by atoms with E-state index >= 15 is 0 Å². The zero-order chi connectivity index (χ0) is 22.0. The predicted octanol–water partition coefficient (Wildman–Crippen LogP) is 4.71. The van der Waals surface area contributed by atoms with E-state index in [4.69, 9.17) is 10.1 Å². The highest BCUT2D eigenvalue weighted by atomic mass is 16.7. The lowest BCUT2D eigenvalue weighted by Crippen LogP contribution is -2.27. The Balaban J connectivity index is 1.56. The van der Waals surface area contributed by atoms with E-state index in [1.807, 2.05) is 31.3 Å². The Labute approximate surface area is 186 Å². The van der Waals surface area contributed by atoms with Crippen molar-refractivity contribution in [3.63, 3.8) is 0 Å². The van der Waals surface area contributed by atoms with Gasteiger partial charge in [0, 0.05) is 37.7 Å². The van der Waals surface area contributed by atoms with Crippen LogP contribution in [0.5, 0.6) is 0 Å². The van der Waals surface area contributed by atoms with Crippen molar-refractivity contribution in [1.82, 2.24) is 15.4 Å². The first-order valence-corrected chi connectivity index (χ1v) is 11.1. The quantitative estimate of drug-likeness (QED) is 0.114. The molecular weight excluding hydrogens is 388 g/mol. The van der Waals surface area contributed by atoms with Crippen molar-refractivity contribution in [3.05, 3.63) is 60.4 Å². The van der Waals surface area contributed by atoms with E-state index in [2.05, 4.69) is 49.9 Å². The molecule has 0 unspecified atom stereocenters. The molecule has 7 nitrogen and oxygen atoms in total. The molecule has 0 aliphatic rings. The minimum Gasteiger partial charge on any atom is -0.325 e. The average Bonchev–Trinajstić information content (AvgIpc) is 2.79. The van der Waals surface area contributed by atoms with Gasteiger partial charge in [0.25, 0.3) is 0 Å². The second kappa shape index (κ2) is 15.8. The molecule has 0 aliphatic carbocycles. The molecule has 2 N–H and O–H groups in total. The zero-order valence-corrected chi connectivity index (χ0v) is 18.5. The van der Waals surface area contributed by atoms with E-state index in [1.165, 1.54) is 24.8 Å². The monoisotopic (exact) mass is 422 g/mol. The van der Waals surface area contributed by atoms with E-state index in [-0.39, 0.29) is 0 Å². The normalized spacial score (nSPS) is 11.3. The van der Waals surface area contributed by atoms with Crippen LogP contribution >= 0.6 is 0 Å². The molecule has 0 bridgehead atoms. The molecule has 0 saturated carbocycles. The smallest absolute Gasteiger partial charge is 0.209 e. The second-order valence-corrected chi connectivity index (χ2v) is 7.22. The number of nitrogens with one attached hydrogen (secondary N) is 2. The van der Waals surface area contributed by atoms with Crippen LogP contribution in [0.4, 0.5) is 5.69 Å². The molecule has 0 atom stereocenters. The van der Waals surface area contributed by atoms with Gasteiger partial charge in [0.15, 0.2) is 6.19 Å². The van der Waals surface area contributed by atoms with Gasteiger partial charge in [-0.1, -0.05) is 56.0 Å². The Morgan fingerprint density at radius 3 is 2.45 bits per heavy atom. The average molecular weight is 423 g/mol. The highest BCUT2D eigenvalue weighted by Gasteiger charge is 2.05. The molecule has 0 amide bonds. The minimum absolute atomic E-state index is 0.475. The lowest BCUT2D eigenvalue weighted by molar-refractivity contribution is -0.162. The number of guanidine groups is 1. The highest BCUT2D eigenvalue weighted by molar-refractivity contribution is 5.94. The molecule has 0 fully saturated rings. The number of nitriles is 1. The molecule has 166 valence electrons. The van der Waals surface area contributed by atoms with Crippen molar-refractivity contribution in [2.24, 2.45) is 4.99 Å². The second-order valence-electron chi connectivity index (χ2n) is 7.22. The Kier molecular flexibility index (Phi) is 12.4. The molecule has 0 radical (unpaired) electrons. The lowest BCUT2D eigenvalue weighted by atomic mass is 10.1. The van der Waals surface area contributed by atoms with Crippen molar-refractivity contribution >= 4 is 11.6 Å². The number of pyridine rings is 1. The van der Waals surface area contributed by atoms with E-state index in [0.29, 0.717) is 19.1 Å². The van der Waals surface area contributed by atoms with Gasteiger partial charge in [0.1, 0.15) is 0 Å². The van der Waals surface area contributed by atoms with Crippen LogP contribution in [0.2, 0.25) is 0 Å². The zero-order valence-electron chi connectivity index (χ0n) is 18.5. The number of aromatic nitrogens is 1. The summed E-state index contributed by atoms with van der Waals surface area (Å²) in [5.74, 6) is 0.475. The summed E-state index contributed by atoms with van der Waals surface area (Å²) < 4.78 is 0. The fourth-order valence-corrected chi connectivity index (χ4v) is 3.19. The standard InChI is InChI=1S/C24H34N6O/c1-2-31-30(20-22-12-8-7-9-13-22)19-11-6-4-3-5-10-16-27-24(28-21-25)29-23-14-17-26-18-15-23/h7-9,12-15,17-18H,2-6,10-11,16,19-20H2,1H3,(H2,26,27,28,29). The molecule has 0 saturated heterocycles. The summed E-state index contributed by atoms with van der Waals surface area (Å²) in [5, 5.41) is 16.7. The number of benzene rings is 1. The van der Waals surface area contributed by atoms with Gasteiger partial charge in [-0.2, -0.15) is 10.3 Å². The minimum atomic E-state index is 0.475. The summed E-state index contributed by atoms with van der Waals surface area (Å²) in [6, 6.07) is 14.1. The maximum absolute atomic E-state index is 8.89. The van der Waals surface area contributed by atoms with Gasteiger partial charge >= 0.3 is 0 Å². The van der Waals surface area contributed by atoms with Crippen LogP contribution in [-0.2, 0) is 11.4 Å². The van der Waals surface area contributed by atoms with Crippen molar-refractivity contribution < 1.29 is 4.84 Å². The van der Waals surface area contributed by atoms with E-state index in [0.717, 1.165) is 38.0 Å². The van der Waals surface area contributed by atoms with Gasteiger partial charge in [-0.05, 0) is 37.5 Å². The van der Waals surface area contributed by atoms with Gasteiger partial charge in [-0.3, -0.25) is 20.1 Å². The first-order chi connectivity index (χ1) is 15.3. The fourth-order valence-electron chi connectivity index (χ4n) is 3.19. The number of hydroxylamine groups is 2. The van der Waals surface area contributed by atoms with Crippen LogP contribution in [-0.4, -0.2) is 35.7 Å². The van der Waals surface area contributed by atoms with Gasteiger partial charge in [0.2, 0.25) is 5.96 Å². The number of rotatable bonds is 14. The molecule has 0 spiro atoms. The third-order valence-corrected chi connectivity index (χ3v) is 4.72. The van der Waals surface area contributed by atoms with Crippen LogP contribution in [0.25, 0.3) is 0 Å². The molecule has 0 aliphatic heterocycles. The number of nitrogens with zero attached hydrogens (tertiary/aromatic N) is 4. The summed E-state index contributed by atoms with van der Waals surface area (Å²) in [7, 11) is 0. The number of aliphatic imine (C=N–C) groups is 1. The maximum Gasteiger partial charge on any atom is 0.209 e. The summed E-state index contributed by atoms with van der Waals surface area (Å²) in [5.41, 5.74) is 2.13. The third kappa shape index (κ3) is 11.1. The van der Waals surface area contributed by atoms with E-state index in [1.54, 1.807) is 12.4 Å².